The van der Waals surface area contributed by atoms with Crippen molar-refractivity contribution in [3.05, 3.63) is 41.4 Å². The van der Waals surface area contributed by atoms with Gasteiger partial charge in [-0.1, -0.05) is 20.8 Å². The molecule has 0 aromatic carbocycles. The second-order valence-corrected chi connectivity index (χ2v) is 9.24. The molecule has 2 aliphatic rings. The summed E-state index contributed by atoms with van der Waals surface area (Å²) in [4.78, 5) is 7.24. The zero-order valence-corrected chi connectivity index (χ0v) is 17.5. The highest BCUT2D eigenvalue weighted by Gasteiger charge is 2.27. The zero-order valence-electron chi connectivity index (χ0n) is 17.5. The van der Waals surface area contributed by atoms with Gasteiger partial charge in [-0.05, 0) is 38.1 Å². The van der Waals surface area contributed by atoms with Crippen molar-refractivity contribution >= 4 is 5.65 Å². The third-order valence-corrected chi connectivity index (χ3v) is 6.01. The van der Waals surface area contributed by atoms with Crippen LogP contribution >= 0.6 is 0 Å². The van der Waals surface area contributed by atoms with Crippen molar-refractivity contribution in [1.82, 2.24) is 34.3 Å². The van der Waals surface area contributed by atoms with Crippen molar-refractivity contribution in [3.8, 4) is 0 Å². The molecular formula is C21H29N7O. The van der Waals surface area contributed by atoms with Gasteiger partial charge in [0.2, 0.25) is 0 Å². The molecule has 0 unspecified atom stereocenters. The van der Waals surface area contributed by atoms with Crippen LogP contribution in [0.2, 0.25) is 0 Å². The van der Waals surface area contributed by atoms with Gasteiger partial charge < -0.3 is 9.30 Å². The van der Waals surface area contributed by atoms with Crippen LogP contribution in [-0.2, 0) is 29.8 Å². The van der Waals surface area contributed by atoms with Gasteiger partial charge in [0.25, 0.3) is 0 Å². The number of fused-ring (bicyclic) bond motifs is 2. The molecule has 5 heterocycles. The van der Waals surface area contributed by atoms with E-state index in [0.717, 1.165) is 74.3 Å². The predicted molar refractivity (Wildman–Crippen MR) is 109 cm³/mol. The Morgan fingerprint density at radius 1 is 1.10 bits per heavy atom. The molecule has 8 heteroatoms. The van der Waals surface area contributed by atoms with Crippen LogP contribution in [-0.4, -0.2) is 54.0 Å². The second kappa shape index (κ2) is 7.18. The lowest BCUT2D eigenvalue weighted by Gasteiger charge is -2.30. The van der Waals surface area contributed by atoms with Crippen molar-refractivity contribution in [2.24, 2.45) is 0 Å². The summed E-state index contributed by atoms with van der Waals surface area (Å²) in [6, 6.07) is 4.09. The fourth-order valence-electron chi connectivity index (χ4n) is 4.26. The summed E-state index contributed by atoms with van der Waals surface area (Å²) in [5.41, 5.74) is 3.05. The van der Waals surface area contributed by atoms with Gasteiger partial charge in [-0.25, -0.2) is 4.98 Å². The Morgan fingerprint density at radius 3 is 2.69 bits per heavy atom. The number of nitrogens with zero attached hydrogens (tertiary/aromatic N) is 7. The maximum absolute atomic E-state index is 5.50. The molecule has 0 saturated carbocycles. The first-order chi connectivity index (χ1) is 14.0. The van der Waals surface area contributed by atoms with Crippen LogP contribution in [0.5, 0.6) is 0 Å². The number of aromatic nitrogens is 6. The summed E-state index contributed by atoms with van der Waals surface area (Å²) in [6.07, 6.45) is 4.33. The molecule has 154 valence electrons. The van der Waals surface area contributed by atoms with Crippen LogP contribution in [0.15, 0.2) is 18.3 Å². The molecule has 2 aliphatic heterocycles. The SMILES string of the molecule is CC(C)(C)c1ccc2nnc(C3CCN(Cc4cn5c(n4)COCC5)CC3)n2n1. The minimum atomic E-state index is 0.00779. The lowest BCUT2D eigenvalue weighted by atomic mass is 9.92. The standard InChI is InChI=1S/C21H29N7O/c1-21(2,3)17-4-5-18-23-24-20(28(18)25-17)15-6-8-26(9-7-15)12-16-13-27-10-11-29-14-19(27)22-16/h4-5,13,15H,6-12,14H2,1-3H3. The average Bonchev–Trinajstić information content (AvgIpc) is 3.31. The number of likely N-dealkylation sites (tertiary alicyclic amines) is 1. The van der Waals surface area contributed by atoms with E-state index in [1.165, 1.54) is 0 Å². The van der Waals surface area contributed by atoms with Gasteiger partial charge in [0, 0.05) is 30.6 Å². The van der Waals surface area contributed by atoms with Gasteiger partial charge in [0.05, 0.1) is 18.0 Å². The number of piperidine rings is 1. The van der Waals surface area contributed by atoms with Crippen LogP contribution < -0.4 is 0 Å². The summed E-state index contributed by atoms with van der Waals surface area (Å²) in [6.45, 7) is 11.9. The Kier molecular flexibility index (Phi) is 4.63. The summed E-state index contributed by atoms with van der Waals surface area (Å²) in [5.74, 6) is 2.45. The van der Waals surface area contributed by atoms with Crippen molar-refractivity contribution in [2.45, 2.75) is 64.6 Å². The largest absolute Gasteiger partial charge is 0.372 e. The lowest BCUT2D eigenvalue weighted by Crippen LogP contribution is -2.33. The molecule has 0 N–H and O–H groups in total. The minimum absolute atomic E-state index is 0.00779. The van der Waals surface area contributed by atoms with E-state index in [0.29, 0.717) is 12.5 Å². The maximum Gasteiger partial charge on any atom is 0.177 e. The van der Waals surface area contributed by atoms with E-state index in [1.54, 1.807) is 0 Å². The van der Waals surface area contributed by atoms with E-state index in [-0.39, 0.29) is 5.41 Å². The Balaban J connectivity index is 1.27. The van der Waals surface area contributed by atoms with Gasteiger partial charge in [-0.2, -0.15) is 9.61 Å². The molecular weight excluding hydrogens is 366 g/mol. The van der Waals surface area contributed by atoms with E-state index in [1.807, 2.05) is 10.6 Å². The van der Waals surface area contributed by atoms with Crippen molar-refractivity contribution in [3.63, 3.8) is 0 Å². The van der Waals surface area contributed by atoms with Gasteiger partial charge in [0.1, 0.15) is 12.4 Å². The highest BCUT2D eigenvalue weighted by Crippen LogP contribution is 2.28. The number of imidazole rings is 1. The van der Waals surface area contributed by atoms with Crippen molar-refractivity contribution in [1.29, 1.82) is 0 Å². The quantitative estimate of drug-likeness (QED) is 0.679. The highest BCUT2D eigenvalue weighted by molar-refractivity contribution is 5.37. The molecule has 8 nitrogen and oxygen atoms in total. The average molecular weight is 396 g/mol. The van der Waals surface area contributed by atoms with Crippen LogP contribution in [0, 0.1) is 0 Å². The summed E-state index contributed by atoms with van der Waals surface area (Å²) < 4.78 is 9.69. The molecule has 0 amide bonds. The molecule has 1 saturated heterocycles. The molecule has 0 bridgehead atoms. The van der Waals surface area contributed by atoms with E-state index in [9.17, 15) is 0 Å². The number of ether oxygens (including phenoxy) is 1. The van der Waals surface area contributed by atoms with E-state index in [4.69, 9.17) is 14.8 Å². The van der Waals surface area contributed by atoms with Crippen molar-refractivity contribution in [2.75, 3.05) is 19.7 Å². The maximum atomic E-state index is 5.50. The molecule has 29 heavy (non-hydrogen) atoms. The summed E-state index contributed by atoms with van der Waals surface area (Å²) >= 11 is 0. The number of hydrogen-bond acceptors (Lipinski definition) is 6. The predicted octanol–water partition coefficient (Wildman–Crippen LogP) is 2.53. The van der Waals surface area contributed by atoms with Crippen LogP contribution in [0.4, 0.5) is 0 Å². The van der Waals surface area contributed by atoms with Crippen molar-refractivity contribution < 1.29 is 4.74 Å². The third kappa shape index (κ3) is 3.67. The summed E-state index contributed by atoms with van der Waals surface area (Å²) in [7, 11) is 0. The first kappa shape index (κ1) is 18.7. The molecule has 3 aromatic rings. The molecule has 0 aliphatic carbocycles. The van der Waals surface area contributed by atoms with Crippen LogP contribution in [0.1, 0.15) is 62.6 Å². The normalized spacial score (nSPS) is 19.0. The topological polar surface area (TPSA) is 73.4 Å². The van der Waals surface area contributed by atoms with Crippen LogP contribution in [0.25, 0.3) is 5.65 Å². The molecule has 1 fully saturated rings. The Bertz CT molecular complexity index is 984. The first-order valence-electron chi connectivity index (χ1n) is 10.6. The highest BCUT2D eigenvalue weighted by atomic mass is 16.5. The fraction of sp³-hybridized carbons (Fsp3) is 0.619. The zero-order chi connectivity index (χ0) is 20.0. The lowest BCUT2D eigenvalue weighted by molar-refractivity contribution is 0.0816. The third-order valence-electron chi connectivity index (χ3n) is 6.01. The molecule has 5 rings (SSSR count). The first-order valence-corrected chi connectivity index (χ1v) is 10.6. The van der Waals surface area contributed by atoms with Gasteiger partial charge >= 0.3 is 0 Å². The Labute approximate surface area is 170 Å². The molecule has 0 spiro atoms. The Morgan fingerprint density at radius 2 is 1.93 bits per heavy atom. The summed E-state index contributed by atoms with van der Waals surface area (Å²) in [5, 5.41) is 13.7. The van der Waals surface area contributed by atoms with Gasteiger partial charge in [0.15, 0.2) is 11.5 Å². The van der Waals surface area contributed by atoms with Gasteiger partial charge in [-0.3, -0.25) is 4.90 Å². The molecule has 3 aromatic heterocycles. The minimum Gasteiger partial charge on any atom is -0.372 e. The monoisotopic (exact) mass is 395 g/mol. The van der Waals surface area contributed by atoms with E-state index in [2.05, 4.69) is 52.7 Å². The van der Waals surface area contributed by atoms with E-state index < -0.39 is 0 Å². The number of rotatable bonds is 3. The fourth-order valence-corrected chi connectivity index (χ4v) is 4.26. The van der Waals surface area contributed by atoms with Crippen LogP contribution in [0.3, 0.4) is 0 Å². The second-order valence-electron chi connectivity index (χ2n) is 9.24. The smallest absolute Gasteiger partial charge is 0.177 e. The Hall–Kier alpha value is -2.32. The van der Waals surface area contributed by atoms with Gasteiger partial charge in [-0.15, -0.1) is 10.2 Å². The number of hydrogen-bond donors (Lipinski definition) is 0. The van der Waals surface area contributed by atoms with E-state index >= 15 is 0 Å². The molecule has 0 atom stereocenters. The molecule has 0 radical (unpaired) electrons.